The van der Waals surface area contributed by atoms with Crippen LogP contribution in [0.4, 0.5) is 5.69 Å². The lowest BCUT2D eigenvalue weighted by atomic mass is 9.96. The van der Waals surface area contributed by atoms with Crippen LogP contribution in [0.5, 0.6) is 0 Å². The van der Waals surface area contributed by atoms with E-state index in [0.717, 1.165) is 16.6 Å². The molecule has 0 atom stereocenters. The third-order valence-electron chi connectivity index (χ3n) is 4.31. The summed E-state index contributed by atoms with van der Waals surface area (Å²) in [6.45, 7) is 12.3. The second-order valence-electron chi connectivity index (χ2n) is 6.87. The molecule has 1 fully saturated rings. The zero-order chi connectivity index (χ0) is 15.4. The number of rotatable bonds is 3. The van der Waals surface area contributed by atoms with Crippen LogP contribution in [0.2, 0.25) is 0 Å². The van der Waals surface area contributed by atoms with E-state index < -0.39 is 7.14 Å². The quantitative estimate of drug-likeness (QED) is 0.762. The Morgan fingerprint density at radius 3 is 2.43 bits per heavy atom. The first-order valence-electron chi connectivity index (χ1n) is 7.69. The summed E-state index contributed by atoms with van der Waals surface area (Å²) in [4.78, 5) is 2.33. The van der Waals surface area contributed by atoms with Crippen molar-refractivity contribution in [1.82, 2.24) is 0 Å². The smallest absolute Gasteiger partial charge is 0.110 e. The molecule has 0 spiro atoms. The minimum atomic E-state index is -2.33. The third-order valence-corrected chi connectivity index (χ3v) is 5.89. The molecule has 0 bridgehead atoms. The lowest BCUT2D eigenvalue weighted by Crippen LogP contribution is -2.29. The number of fused-ring (bicyclic) bond motifs is 1. The Labute approximate surface area is 127 Å². The van der Waals surface area contributed by atoms with Gasteiger partial charge in [0.05, 0.1) is 0 Å². The summed E-state index contributed by atoms with van der Waals surface area (Å²) >= 11 is 0. The van der Waals surface area contributed by atoms with Gasteiger partial charge in [-0.05, 0) is 49.8 Å². The Kier molecular flexibility index (Phi) is 3.41. The highest BCUT2D eigenvalue weighted by Gasteiger charge is 2.35. The molecule has 1 aliphatic carbocycles. The zero-order valence-corrected chi connectivity index (χ0v) is 14.3. The summed E-state index contributed by atoms with van der Waals surface area (Å²) in [6, 6.07) is 4.93. The third kappa shape index (κ3) is 2.51. The van der Waals surface area contributed by atoms with Gasteiger partial charge < -0.3 is 9.46 Å². The molecule has 1 aromatic carbocycles. The molecular formula is C18H24NOP. The molecule has 0 aromatic heterocycles. The van der Waals surface area contributed by atoms with E-state index in [1.807, 2.05) is 13.3 Å². The molecule has 1 heterocycles. The largest absolute Gasteiger partial charge is 0.338 e. The standard InChI is InChI=1S/C18H24NOP/c1-12(2)15-10-11-17-16(18(15)21(4,5)20)9-6-13(3)19(17)14-7-8-14/h6,9-12,14H,3,7-8H2,1-2,4-5H3. The molecule has 0 amide bonds. The van der Waals surface area contributed by atoms with Crippen molar-refractivity contribution < 1.29 is 4.57 Å². The van der Waals surface area contributed by atoms with Crippen LogP contribution < -0.4 is 10.2 Å². The van der Waals surface area contributed by atoms with Crippen molar-refractivity contribution in [2.45, 2.75) is 38.6 Å². The van der Waals surface area contributed by atoms with Gasteiger partial charge in [0.25, 0.3) is 0 Å². The van der Waals surface area contributed by atoms with E-state index in [9.17, 15) is 4.57 Å². The Hall–Kier alpha value is -1.27. The number of hydrogen-bond acceptors (Lipinski definition) is 2. The molecular weight excluding hydrogens is 277 g/mol. The van der Waals surface area contributed by atoms with Crippen molar-refractivity contribution in [2.75, 3.05) is 18.2 Å². The Morgan fingerprint density at radius 1 is 1.24 bits per heavy atom. The SMILES string of the molecule is C=C1C=Cc2c(ccc(C(C)C)c2P(C)(C)=O)N1C1CC1. The van der Waals surface area contributed by atoms with Gasteiger partial charge >= 0.3 is 0 Å². The minimum Gasteiger partial charge on any atom is -0.338 e. The van der Waals surface area contributed by atoms with Gasteiger partial charge in [0.1, 0.15) is 7.14 Å². The van der Waals surface area contributed by atoms with E-state index in [1.165, 1.54) is 24.1 Å². The summed E-state index contributed by atoms with van der Waals surface area (Å²) in [5.41, 5.74) is 4.60. The van der Waals surface area contributed by atoms with Gasteiger partial charge in [-0.15, -0.1) is 0 Å². The highest BCUT2D eigenvalue weighted by molar-refractivity contribution is 7.70. The summed E-state index contributed by atoms with van der Waals surface area (Å²) in [5, 5.41) is 1.06. The number of anilines is 1. The van der Waals surface area contributed by atoms with E-state index in [1.54, 1.807) is 0 Å². The Balaban J connectivity index is 2.26. The average Bonchev–Trinajstić information content (AvgIpc) is 3.20. The summed E-state index contributed by atoms with van der Waals surface area (Å²) in [6.07, 6.45) is 6.63. The molecule has 112 valence electrons. The van der Waals surface area contributed by atoms with Crippen molar-refractivity contribution in [3.05, 3.63) is 41.6 Å². The molecule has 1 saturated carbocycles. The maximum Gasteiger partial charge on any atom is 0.110 e. The molecule has 21 heavy (non-hydrogen) atoms. The molecule has 0 radical (unpaired) electrons. The first kappa shape index (κ1) is 14.7. The van der Waals surface area contributed by atoms with Crippen molar-refractivity contribution >= 4 is 24.2 Å². The average molecular weight is 301 g/mol. The summed E-state index contributed by atoms with van der Waals surface area (Å²) in [5.74, 6) is 0.381. The fourth-order valence-corrected chi connectivity index (χ4v) is 4.96. The number of allylic oxidation sites excluding steroid dienone is 1. The van der Waals surface area contributed by atoms with E-state index >= 15 is 0 Å². The van der Waals surface area contributed by atoms with Crippen LogP contribution in [-0.2, 0) is 4.57 Å². The summed E-state index contributed by atoms with van der Waals surface area (Å²) in [7, 11) is -2.33. The predicted molar refractivity (Wildman–Crippen MR) is 93.3 cm³/mol. The fraction of sp³-hybridized carbons (Fsp3) is 0.444. The maximum absolute atomic E-state index is 12.9. The monoisotopic (exact) mass is 301 g/mol. The number of nitrogens with zero attached hydrogens (tertiary/aromatic N) is 1. The number of benzene rings is 1. The van der Waals surface area contributed by atoms with Crippen molar-refractivity contribution in [3.8, 4) is 0 Å². The van der Waals surface area contributed by atoms with Gasteiger partial charge in [0, 0.05) is 28.3 Å². The van der Waals surface area contributed by atoms with Gasteiger partial charge in [0.15, 0.2) is 0 Å². The number of hydrogen-bond donors (Lipinski definition) is 0. The molecule has 2 nitrogen and oxygen atoms in total. The second-order valence-corrected chi connectivity index (χ2v) is 10.0. The molecule has 0 unspecified atom stereocenters. The maximum atomic E-state index is 12.9. The van der Waals surface area contributed by atoms with Crippen LogP contribution in [-0.4, -0.2) is 19.4 Å². The topological polar surface area (TPSA) is 20.3 Å². The van der Waals surface area contributed by atoms with Crippen LogP contribution in [0.1, 0.15) is 43.7 Å². The molecule has 0 saturated heterocycles. The van der Waals surface area contributed by atoms with Crippen LogP contribution in [0.3, 0.4) is 0 Å². The predicted octanol–water partition coefficient (Wildman–Crippen LogP) is 4.57. The molecule has 1 aliphatic heterocycles. The van der Waals surface area contributed by atoms with Gasteiger partial charge in [-0.25, -0.2) is 0 Å². The normalized spacial score (nSPS) is 18.3. The lowest BCUT2D eigenvalue weighted by molar-refractivity contribution is 0.588. The van der Waals surface area contributed by atoms with Crippen molar-refractivity contribution in [1.29, 1.82) is 0 Å². The molecule has 2 aliphatic rings. The second kappa shape index (κ2) is 4.88. The fourth-order valence-electron chi connectivity index (χ4n) is 3.23. The van der Waals surface area contributed by atoms with Crippen molar-refractivity contribution in [3.63, 3.8) is 0 Å². The van der Waals surface area contributed by atoms with E-state index in [4.69, 9.17) is 0 Å². The van der Waals surface area contributed by atoms with Crippen LogP contribution in [0.25, 0.3) is 6.08 Å². The molecule has 3 rings (SSSR count). The van der Waals surface area contributed by atoms with Gasteiger partial charge in [-0.1, -0.05) is 32.6 Å². The van der Waals surface area contributed by atoms with Crippen LogP contribution >= 0.6 is 7.14 Å². The van der Waals surface area contributed by atoms with E-state index in [-0.39, 0.29) is 0 Å². The van der Waals surface area contributed by atoms with E-state index in [0.29, 0.717) is 12.0 Å². The first-order valence-corrected chi connectivity index (χ1v) is 10.3. The highest BCUT2D eigenvalue weighted by Crippen LogP contribution is 2.46. The molecule has 1 aromatic rings. The highest BCUT2D eigenvalue weighted by atomic mass is 31.2. The Bertz CT molecular complexity index is 677. The van der Waals surface area contributed by atoms with Gasteiger partial charge in [0.2, 0.25) is 0 Å². The molecule has 3 heteroatoms. The lowest BCUT2D eigenvalue weighted by Gasteiger charge is -2.33. The summed E-state index contributed by atoms with van der Waals surface area (Å²) < 4.78 is 12.9. The van der Waals surface area contributed by atoms with Crippen molar-refractivity contribution in [2.24, 2.45) is 0 Å². The van der Waals surface area contributed by atoms with Crippen LogP contribution in [0.15, 0.2) is 30.5 Å². The van der Waals surface area contributed by atoms with Crippen LogP contribution in [0, 0.1) is 0 Å². The van der Waals surface area contributed by atoms with Gasteiger partial charge in [-0.3, -0.25) is 0 Å². The Morgan fingerprint density at radius 2 is 1.90 bits per heavy atom. The first-order chi connectivity index (χ1) is 9.80. The molecule has 0 N–H and O–H groups in total. The minimum absolute atomic E-state index is 0.381. The zero-order valence-electron chi connectivity index (χ0n) is 13.4. The van der Waals surface area contributed by atoms with E-state index in [2.05, 4.69) is 49.6 Å². The van der Waals surface area contributed by atoms with Gasteiger partial charge in [-0.2, -0.15) is 0 Å².